The fourth-order valence-electron chi connectivity index (χ4n) is 5.59. The normalized spacial score (nSPS) is 11.8. The number of azo groups is 1. The molecule has 0 atom stereocenters. The number of amides is 1. The van der Waals surface area contributed by atoms with Crippen LogP contribution >= 0.6 is 24.1 Å². The summed E-state index contributed by atoms with van der Waals surface area (Å²) in [6.07, 6.45) is 5.26. The molecule has 2 heterocycles. The molecule has 352 valence electrons. The minimum absolute atomic E-state index is 0.0835. The molecular weight excluding hydrogens is 985 g/mol. The molecule has 0 aliphatic heterocycles. The van der Waals surface area contributed by atoms with Gasteiger partial charge in [0.15, 0.2) is 0 Å². The first-order chi connectivity index (χ1) is 32.3. The number of non-ortho nitro benzene ring substituents is 1. The number of carboxylic acids is 1. The van der Waals surface area contributed by atoms with Crippen molar-refractivity contribution in [1.29, 1.82) is 0 Å². The van der Waals surface area contributed by atoms with Gasteiger partial charge in [-0.2, -0.15) is 21.9 Å². The molecule has 6 rings (SSSR count). The van der Waals surface area contributed by atoms with Crippen molar-refractivity contribution in [3.63, 3.8) is 0 Å². The molecule has 0 unspecified atom stereocenters. The van der Waals surface area contributed by atoms with E-state index in [1.54, 1.807) is 0 Å². The molecule has 0 bridgehead atoms. The van der Waals surface area contributed by atoms with Gasteiger partial charge in [0.1, 0.15) is 10.6 Å². The molecule has 0 radical (unpaired) electrons. The number of aromatic nitrogens is 4. The number of nitrogens with zero attached hydrogens (tertiary/aromatic N) is 7. The fraction of sp³-hybridized carbons (Fsp3) is 0.0270. The standard InChI is InChI=1S/C37H28N10O17S4/c1-20(48)38-29-15-24(9-12-28(29)45-44-25-8-6-21(32(16-25)66-64-62-54)4-5-22-7-10-26(47(51)52)17-33(22)68(58,59)60)39-35-41-36(43-37(42-35)46-14-2-3-23(19-46)34(49)50)40-30-18-27(67(55,56)57)11-13-31(30)65-63-61-53/h2-19H,1H3,(H7-,38,39,40,41,42,43,44,48,49,50,53,54,55,56,57,58,59,60)/p+1. The number of nitro benzene ring substituents is 1. The Morgan fingerprint density at radius 3 is 2.15 bits per heavy atom. The molecular formula is C37H29N10O17S4+. The van der Waals surface area contributed by atoms with Gasteiger partial charge in [-0.3, -0.25) is 24.0 Å². The molecule has 31 heteroatoms. The van der Waals surface area contributed by atoms with Crippen molar-refractivity contribution < 1.29 is 79.4 Å². The predicted octanol–water partition coefficient (Wildman–Crippen LogP) is 7.14. The first-order valence-electron chi connectivity index (χ1n) is 18.2. The van der Waals surface area contributed by atoms with E-state index in [0.717, 1.165) is 24.3 Å². The van der Waals surface area contributed by atoms with Gasteiger partial charge in [0.25, 0.3) is 25.9 Å². The highest BCUT2D eigenvalue weighted by atomic mass is 32.2. The number of carbonyl (C=O) groups is 2. The molecule has 2 aromatic heterocycles. The summed E-state index contributed by atoms with van der Waals surface area (Å²) in [6, 6.07) is 17.6. The zero-order chi connectivity index (χ0) is 49.2. The van der Waals surface area contributed by atoms with Crippen molar-refractivity contribution in [2.24, 2.45) is 10.2 Å². The van der Waals surface area contributed by atoms with E-state index < -0.39 is 52.5 Å². The van der Waals surface area contributed by atoms with Crippen LogP contribution in [-0.2, 0) is 43.8 Å². The molecule has 1 amide bonds. The summed E-state index contributed by atoms with van der Waals surface area (Å²) in [5.41, 5.74) is 0.0616. The maximum absolute atomic E-state index is 12.3. The number of hydrogen-bond donors (Lipinski definition) is 8. The monoisotopic (exact) mass is 1010 g/mol. The van der Waals surface area contributed by atoms with Crippen LogP contribution in [0.1, 0.15) is 28.4 Å². The molecule has 68 heavy (non-hydrogen) atoms. The Morgan fingerprint density at radius 2 is 1.49 bits per heavy atom. The van der Waals surface area contributed by atoms with Crippen LogP contribution in [0, 0.1) is 10.1 Å². The van der Waals surface area contributed by atoms with Crippen LogP contribution in [0.5, 0.6) is 0 Å². The lowest BCUT2D eigenvalue weighted by atomic mass is 10.1. The molecule has 6 aromatic rings. The number of hydrogen-bond acceptors (Lipinski definition) is 23. The van der Waals surface area contributed by atoms with Gasteiger partial charge in [-0.15, -0.1) is 18.8 Å². The summed E-state index contributed by atoms with van der Waals surface area (Å²) in [6.45, 7) is 1.23. The van der Waals surface area contributed by atoms with E-state index in [4.69, 9.17) is 10.5 Å². The third kappa shape index (κ3) is 13.4. The van der Waals surface area contributed by atoms with Gasteiger partial charge in [-0.05, 0) is 87.8 Å². The second-order valence-electron chi connectivity index (χ2n) is 13.0. The van der Waals surface area contributed by atoms with Crippen LogP contribution in [0.25, 0.3) is 18.1 Å². The Kier molecular flexibility index (Phi) is 16.1. The number of rotatable bonds is 20. The molecule has 0 fully saturated rings. The van der Waals surface area contributed by atoms with Crippen LogP contribution in [0.3, 0.4) is 0 Å². The first kappa shape index (κ1) is 50.0. The lowest BCUT2D eigenvalue weighted by Gasteiger charge is -2.11. The summed E-state index contributed by atoms with van der Waals surface area (Å²) in [7, 11) is -9.62. The van der Waals surface area contributed by atoms with E-state index in [1.165, 1.54) is 90.6 Å². The van der Waals surface area contributed by atoms with Crippen LogP contribution < -0.4 is 20.5 Å². The first-order valence-corrected chi connectivity index (χ1v) is 22.5. The highest BCUT2D eigenvalue weighted by Crippen LogP contribution is 2.36. The minimum atomic E-state index is -4.89. The summed E-state index contributed by atoms with van der Waals surface area (Å²) in [5.74, 6) is -2.42. The quantitative estimate of drug-likeness (QED) is 0.00550. The second kappa shape index (κ2) is 21.9. The number of nitro groups is 1. The zero-order valence-electron chi connectivity index (χ0n) is 33.8. The smallest absolute Gasteiger partial charge is 0.444 e. The molecule has 0 saturated heterocycles. The van der Waals surface area contributed by atoms with Crippen molar-refractivity contribution in [2.45, 2.75) is 26.5 Å². The summed E-state index contributed by atoms with van der Waals surface area (Å²) < 4.78 is 77.7. The third-order valence-corrected chi connectivity index (χ3v) is 11.6. The van der Waals surface area contributed by atoms with Gasteiger partial charge in [0.05, 0.1) is 73.8 Å². The fourth-order valence-corrected chi connectivity index (χ4v) is 7.73. The minimum Gasteiger partial charge on any atom is -0.478 e. The summed E-state index contributed by atoms with van der Waals surface area (Å²) in [4.78, 5) is 46.6. The van der Waals surface area contributed by atoms with Crippen molar-refractivity contribution in [3.05, 3.63) is 124 Å². The molecule has 4 aromatic carbocycles. The Bertz CT molecular complexity index is 3220. The Hall–Kier alpha value is -7.40. The van der Waals surface area contributed by atoms with Crippen molar-refractivity contribution in [3.8, 4) is 5.95 Å². The topological polar surface area (TPSA) is 387 Å². The zero-order valence-corrected chi connectivity index (χ0v) is 37.1. The molecule has 0 aliphatic rings. The summed E-state index contributed by atoms with van der Waals surface area (Å²) >= 11 is 0.939. The highest BCUT2D eigenvalue weighted by molar-refractivity contribution is 7.95. The maximum Gasteiger partial charge on any atom is 0.444 e. The number of carboxylic acid groups (broad SMARTS) is 1. The van der Waals surface area contributed by atoms with Crippen molar-refractivity contribution >= 4 is 114 Å². The third-order valence-electron chi connectivity index (χ3n) is 8.47. The Morgan fingerprint density at radius 1 is 0.794 bits per heavy atom. The van der Waals surface area contributed by atoms with Crippen molar-refractivity contribution in [1.82, 2.24) is 15.0 Å². The number of carbonyl (C=O) groups excluding carboxylic acids is 1. The van der Waals surface area contributed by atoms with Gasteiger partial charge >= 0.3 is 23.8 Å². The Labute approximate surface area is 389 Å². The van der Waals surface area contributed by atoms with Crippen LogP contribution in [-0.4, -0.2) is 73.3 Å². The SMILES string of the molecule is CC(=O)Nc1cc(Nc2nc(Nc3cc(S(=O)(=O)O)ccc3SOOO)nc(-[n+]3cccc(C(=O)O)c3)n2)ccc1N=Nc1ccc(C=Cc2ccc([N+](=O)[O-])cc2S(=O)(=O)O)c(SOOO)c1. The van der Waals surface area contributed by atoms with Crippen LogP contribution in [0.4, 0.5) is 46.0 Å². The van der Waals surface area contributed by atoms with E-state index in [2.05, 4.69) is 59.9 Å². The maximum atomic E-state index is 12.3. The lowest BCUT2D eigenvalue weighted by molar-refractivity contribution is -0.603. The highest BCUT2D eigenvalue weighted by Gasteiger charge is 2.23. The average Bonchev–Trinajstić information content (AvgIpc) is 3.28. The number of anilines is 5. The number of pyridine rings is 1. The van der Waals surface area contributed by atoms with Crippen molar-refractivity contribution in [2.75, 3.05) is 16.0 Å². The molecule has 0 aliphatic carbocycles. The number of nitrogens with one attached hydrogen (secondary N) is 3. The van der Waals surface area contributed by atoms with E-state index in [9.17, 15) is 50.8 Å². The summed E-state index contributed by atoms with van der Waals surface area (Å²) in [5, 5.41) is 62.6. The largest absolute Gasteiger partial charge is 0.478 e. The average molecular weight is 1010 g/mol. The number of benzene rings is 4. The number of aromatic carboxylic acids is 1. The van der Waals surface area contributed by atoms with Gasteiger partial charge < -0.3 is 21.1 Å². The molecule has 27 nitrogen and oxygen atoms in total. The molecule has 0 saturated carbocycles. The lowest BCUT2D eigenvalue weighted by Crippen LogP contribution is -2.34. The molecule has 0 spiro atoms. The Balaban J connectivity index is 1.34. The van der Waals surface area contributed by atoms with Gasteiger partial charge in [0.2, 0.25) is 5.91 Å². The van der Waals surface area contributed by atoms with Gasteiger partial charge in [-0.25, -0.2) is 19.9 Å². The molecule has 8 N–H and O–H groups in total. The van der Waals surface area contributed by atoms with E-state index in [-0.39, 0.29) is 67.2 Å². The van der Waals surface area contributed by atoms with Gasteiger partial charge in [0, 0.05) is 29.6 Å². The van der Waals surface area contributed by atoms with Gasteiger partial charge in [-0.1, -0.05) is 28.3 Å². The predicted molar refractivity (Wildman–Crippen MR) is 236 cm³/mol. The van der Waals surface area contributed by atoms with E-state index in [0.29, 0.717) is 35.7 Å². The second-order valence-corrected chi connectivity index (χ2v) is 17.3. The van der Waals surface area contributed by atoms with Crippen LogP contribution in [0.2, 0.25) is 0 Å². The van der Waals surface area contributed by atoms with E-state index >= 15 is 0 Å². The van der Waals surface area contributed by atoms with Crippen LogP contribution in [0.15, 0.2) is 127 Å². The van der Waals surface area contributed by atoms with E-state index in [1.807, 2.05) is 0 Å².